The number of benzene rings is 1. The molecule has 0 aliphatic rings. The van der Waals surface area contributed by atoms with Crippen LogP contribution in [0.3, 0.4) is 0 Å². The van der Waals surface area contributed by atoms with E-state index < -0.39 is 0 Å². The van der Waals surface area contributed by atoms with Gasteiger partial charge in [0.25, 0.3) is 0 Å². The summed E-state index contributed by atoms with van der Waals surface area (Å²) in [6, 6.07) is 9.95. The lowest BCUT2D eigenvalue weighted by Crippen LogP contribution is -2.02. The summed E-state index contributed by atoms with van der Waals surface area (Å²) in [5.41, 5.74) is 1.08. The molecule has 1 aromatic rings. The van der Waals surface area contributed by atoms with Crippen LogP contribution in [0.1, 0.15) is 12.5 Å². The Hall–Kier alpha value is -0.860. The third-order valence-electron chi connectivity index (χ3n) is 1.57. The van der Waals surface area contributed by atoms with Gasteiger partial charge in [0.15, 0.2) is 0 Å². The van der Waals surface area contributed by atoms with Crippen molar-refractivity contribution in [2.45, 2.75) is 6.92 Å². The highest BCUT2D eigenvalue weighted by Crippen LogP contribution is 2.01. The van der Waals surface area contributed by atoms with Crippen molar-refractivity contribution in [2.75, 3.05) is 19.8 Å². The normalized spacial score (nSPS) is 10.2. The summed E-state index contributed by atoms with van der Waals surface area (Å²) in [6.07, 6.45) is 0. The molecule has 71 valence electrons. The number of rotatable bonds is 6. The van der Waals surface area contributed by atoms with E-state index in [1.807, 2.05) is 37.3 Å². The van der Waals surface area contributed by atoms with Gasteiger partial charge in [-0.3, -0.25) is 0 Å². The van der Waals surface area contributed by atoms with Gasteiger partial charge in [0, 0.05) is 6.61 Å². The van der Waals surface area contributed by atoms with Gasteiger partial charge in [-0.1, -0.05) is 30.3 Å². The molecule has 1 rings (SSSR count). The molecule has 0 aliphatic carbocycles. The third kappa shape index (κ3) is 4.65. The van der Waals surface area contributed by atoms with Crippen molar-refractivity contribution in [3.8, 4) is 0 Å². The maximum atomic E-state index is 5.27. The van der Waals surface area contributed by atoms with Crippen molar-refractivity contribution >= 4 is 0 Å². The van der Waals surface area contributed by atoms with E-state index in [1.54, 1.807) is 6.61 Å². The van der Waals surface area contributed by atoms with Gasteiger partial charge in [-0.25, -0.2) is 0 Å². The van der Waals surface area contributed by atoms with Crippen molar-refractivity contribution in [3.05, 3.63) is 42.5 Å². The van der Waals surface area contributed by atoms with Gasteiger partial charge in [-0.15, -0.1) is 0 Å². The summed E-state index contributed by atoms with van der Waals surface area (Å²) in [4.78, 5) is 0. The summed E-state index contributed by atoms with van der Waals surface area (Å²) in [5, 5.41) is 0. The van der Waals surface area contributed by atoms with Gasteiger partial charge >= 0.3 is 0 Å². The highest BCUT2D eigenvalue weighted by Gasteiger charge is 1.91. The lowest BCUT2D eigenvalue weighted by Gasteiger charge is -2.02. The van der Waals surface area contributed by atoms with Crippen LogP contribution in [0.15, 0.2) is 30.3 Å². The minimum absolute atomic E-state index is 0.614. The molecule has 0 saturated heterocycles. The second-order valence-electron chi connectivity index (χ2n) is 2.60. The van der Waals surface area contributed by atoms with Crippen LogP contribution in [0.4, 0.5) is 0 Å². The van der Waals surface area contributed by atoms with E-state index in [-0.39, 0.29) is 0 Å². The highest BCUT2D eigenvalue weighted by atomic mass is 16.5. The fourth-order valence-corrected chi connectivity index (χ4v) is 0.938. The number of hydrogen-bond donors (Lipinski definition) is 0. The molecule has 1 aromatic carbocycles. The van der Waals surface area contributed by atoms with E-state index in [9.17, 15) is 0 Å². The summed E-state index contributed by atoms with van der Waals surface area (Å²) in [5.74, 6) is 0. The molecule has 0 atom stereocenters. The molecular weight excluding hydrogens is 164 g/mol. The van der Waals surface area contributed by atoms with E-state index in [0.29, 0.717) is 13.2 Å². The fraction of sp³-hybridized carbons (Fsp3) is 0.364. The molecule has 1 radical (unpaired) electrons. The molecule has 0 fully saturated rings. The Kier molecular flexibility index (Phi) is 5.22. The molecule has 2 heteroatoms. The van der Waals surface area contributed by atoms with Gasteiger partial charge in [0.1, 0.15) is 6.61 Å². The van der Waals surface area contributed by atoms with Crippen LogP contribution in [0.5, 0.6) is 0 Å². The molecule has 0 N–H and O–H groups in total. The van der Waals surface area contributed by atoms with Crippen LogP contribution >= 0.6 is 0 Å². The Morgan fingerprint density at radius 3 is 2.62 bits per heavy atom. The quantitative estimate of drug-likeness (QED) is 0.623. The molecule has 0 aromatic heterocycles. The average Bonchev–Trinajstić information content (AvgIpc) is 2.19. The zero-order valence-electron chi connectivity index (χ0n) is 7.90. The molecule has 0 unspecified atom stereocenters. The molecule has 0 heterocycles. The van der Waals surface area contributed by atoms with Crippen LogP contribution in [-0.4, -0.2) is 19.8 Å². The molecule has 13 heavy (non-hydrogen) atoms. The zero-order valence-corrected chi connectivity index (χ0v) is 7.90. The Balaban J connectivity index is 2.07. The summed E-state index contributed by atoms with van der Waals surface area (Å²) >= 11 is 0. The van der Waals surface area contributed by atoms with E-state index >= 15 is 0 Å². The third-order valence-corrected chi connectivity index (χ3v) is 1.57. The molecule has 2 nitrogen and oxygen atoms in total. The smallest absolute Gasteiger partial charge is 0.113 e. The van der Waals surface area contributed by atoms with Gasteiger partial charge < -0.3 is 9.47 Å². The van der Waals surface area contributed by atoms with Crippen LogP contribution < -0.4 is 0 Å². The monoisotopic (exact) mass is 179 g/mol. The molecular formula is C11H15O2. The number of ether oxygens (including phenoxy) is 2. The average molecular weight is 179 g/mol. The summed E-state index contributed by atoms with van der Waals surface area (Å²) in [7, 11) is 0. The van der Waals surface area contributed by atoms with Gasteiger partial charge in [-0.05, 0) is 12.5 Å². The van der Waals surface area contributed by atoms with Gasteiger partial charge in [0.2, 0.25) is 0 Å². The molecule has 0 spiro atoms. The lowest BCUT2D eigenvalue weighted by atomic mass is 10.2. The molecule has 0 aliphatic heterocycles. The van der Waals surface area contributed by atoms with E-state index in [1.165, 1.54) is 0 Å². The molecule has 0 bridgehead atoms. The first-order valence-corrected chi connectivity index (χ1v) is 4.51. The maximum absolute atomic E-state index is 5.27. The number of hydrogen-bond acceptors (Lipinski definition) is 2. The predicted molar refractivity (Wildman–Crippen MR) is 52.3 cm³/mol. The predicted octanol–water partition coefficient (Wildman–Crippen LogP) is 2.25. The minimum Gasteiger partial charge on any atom is -0.379 e. The van der Waals surface area contributed by atoms with Crippen LogP contribution in [0, 0.1) is 6.61 Å². The Bertz CT molecular complexity index is 209. The van der Waals surface area contributed by atoms with Crippen molar-refractivity contribution in [1.82, 2.24) is 0 Å². The Morgan fingerprint density at radius 2 is 1.92 bits per heavy atom. The fourth-order valence-electron chi connectivity index (χ4n) is 0.938. The van der Waals surface area contributed by atoms with Crippen molar-refractivity contribution in [3.63, 3.8) is 0 Å². The standard InChI is InChI=1S/C11H15O2/c1-2-12-8-9-13-10-11-6-4-3-5-7-11/h3-7,10H,2,8-9H2,1H3. The van der Waals surface area contributed by atoms with Crippen molar-refractivity contribution in [1.29, 1.82) is 0 Å². The Labute approximate surface area is 79.5 Å². The van der Waals surface area contributed by atoms with Crippen LogP contribution in [0.2, 0.25) is 0 Å². The van der Waals surface area contributed by atoms with Crippen molar-refractivity contribution in [2.24, 2.45) is 0 Å². The van der Waals surface area contributed by atoms with Crippen LogP contribution in [0.25, 0.3) is 0 Å². The second-order valence-corrected chi connectivity index (χ2v) is 2.60. The first kappa shape index (κ1) is 10.2. The Morgan fingerprint density at radius 1 is 1.15 bits per heavy atom. The van der Waals surface area contributed by atoms with Crippen molar-refractivity contribution < 1.29 is 9.47 Å². The van der Waals surface area contributed by atoms with E-state index in [0.717, 1.165) is 12.2 Å². The molecule has 0 saturated carbocycles. The minimum atomic E-state index is 0.614. The van der Waals surface area contributed by atoms with E-state index in [4.69, 9.17) is 9.47 Å². The topological polar surface area (TPSA) is 18.5 Å². The first-order valence-electron chi connectivity index (χ1n) is 4.51. The highest BCUT2D eigenvalue weighted by molar-refractivity contribution is 5.19. The zero-order chi connectivity index (χ0) is 9.36. The second kappa shape index (κ2) is 6.63. The first-order chi connectivity index (χ1) is 6.43. The van der Waals surface area contributed by atoms with Gasteiger partial charge in [0.05, 0.1) is 13.2 Å². The van der Waals surface area contributed by atoms with Gasteiger partial charge in [-0.2, -0.15) is 0 Å². The summed E-state index contributed by atoms with van der Waals surface area (Å²) in [6.45, 7) is 5.73. The maximum Gasteiger partial charge on any atom is 0.113 e. The summed E-state index contributed by atoms with van der Waals surface area (Å²) < 4.78 is 10.4. The van der Waals surface area contributed by atoms with E-state index in [2.05, 4.69) is 0 Å². The SMILES string of the molecule is CCOCCO[CH]c1ccccc1. The largest absolute Gasteiger partial charge is 0.379 e. The molecule has 0 amide bonds. The lowest BCUT2D eigenvalue weighted by molar-refractivity contribution is 0.0828. The van der Waals surface area contributed by atoms with Crippen LogP contribution in [-0.2, 0) is 9.47 Å².